The summed E-state index contributed by atoms with van der Waals surface area (Å²) in [5.74, 6) is 0.283. The number of hydrogen-bond donors (Lipinski definition) is 1. The van der Waals surface area contributed by atoms with Gasteiger partial charge in [-0.1, -0.05) is 0 Å². The Bertz CT molecular complexity index is 1170. The molecule has 0 aliphatic carbocycles. The van der Waals surface area contributed by atoms with E-state index in [1.165, 1.54) is 5.56 Å². The molecule has 5 heterocycles. The van der Waals surface area contributed by atoms with Crippen molar-refractivity contribution in [3.8, 4) is 5.88 Å². The number of nitrogens with one attached hydrogen (secondary N) is 1. The molecule has 5 rings (SSSR count). The summed E-state index contributed by atoms with van der Waals surface area (Å²) in [5.41, 5.74) is 3.80. The van der Waals surface area contributed by atoms with Crippen molar-refractivity contribution < 1.29 is 14.3 Å². The number of nitrogens with zero attached hydrogens (tertiary/aromatic N) is 3. The first-order chi connectivity index (χ1) is 14.9. The summed E-state index contributed by atoms with van der Waals surface area (Å²) >= 11 is 0. The van der Waals surface area contributed by atoms with Gasteiger partial charge in [-0.15, -0.1) is 0 Å². The molecular formula is C24H26N4O3. The topological polar surface area (TPSA) is 86.2 Å². The lowest BCUT2D eigenvalue weighted by Crippen LogP contribution is -2.36. The van der Waals surface area contributed by atoms with Gasteiger partial charge in [-0.05, 0) is 62.4 Å². The number of ether oxygens (including phenoxy) is 2. The molecule has 0 spiro atoms. The second-order valence-corrected chi connectivity index (χ2v) is 8.89. The Morgan fingerprint density at radius 2 is 2.06 bits per heavy atom. The number of carbonyl (C=O) groups excluding carboxylic acids is 1. The maximum Gasteiger partial charge on any atom is 0.340 e. The van der Waals surface area contributed by atoms with Gasteiger partial charge in [-0.2, -0.15) is 0 Å². The number of pyridine rings is 3. The highest BCUT2D eigenvalue weighted by molar-refractivity contribution is 5.92. The number of methoxy groups -OCH3 is 1. The van der Waals surface area contributed by atoms with Crippen LogP contribution in [-0.4, -0.2) is 40.2 Å². The van der Waals surface area contributed by atoms with Crippen molar-refractivity contribution in [3.63, 3.8) is 0 Å². The van der Waals surface area contributed by atoms with Crippen LogP contribution >= 0.6 is 0 Å². The molecule has 160 valence electrons. The van der Waals surface area contributed by atoms with Crippen LogP contribution in [0.4, 0.5) is 0 Å². The number of aromatic nitrogens is 3. The molecule has 7 nitrogen and oxygen atoms in total. The third-order valence-corrected chi connectivity index (χ3v) is 6.03. The zero-order valence-electron chi connectivity index (χ0n) is 18.1. The minimum absolute atomic E-state index is 0.297. The minimum Gasteiger partial charge on any atom is -0.481 e. The summed E-state index contributed by atoms with van der Waals surface area (Å²) < 4.78 is 10.9. The largest absolute Gasteiger partial charge is 0.481 e. The standard InChI is InChI=1S/C24H26N4O3/c1-24(2)11-21-16(23(29)31-24)7-6-14(28-21)9-15-10-17-18(20-5-4-8-25-20)12-27-22(30-3)19(17)13-26-15/h6-7,10,12-13,20,25H,4-5,8-9,11H2,1-3H3. The van der Waals surface area contributed by atoms with Crippen LogP contribution in [0.3, 0.4) is 0 Å². The predicted molar refractivity (Wildman–Crippen MR) is 116 cm³/mol. The molecule has 0 saturated carbocycles. The highest BCUT2D eigenvalue weighted by Gasteiger charge is 2.33. The van der Waals surface area contributed by atoms with Crippen LogP contribution in [0.5, 0.6) is 5.88 Å². The third-order valence-electron chi connectivity index (χ3n) is 6.03. The predicted octanol–water partition coefficient (Wildman–Crippen LogP) is 3.54. The first-order valence-corrected chi connectivity index (χ1v) is 10.7. The molecule has 2 aliphatic heterocycles. The molecule has 3 aromatic rings. The summed E-state index contributed by atoms with van der Waals surface area (Å²) in [6.45, 7) is 4.84. The van der Waals surface area contributed by atoms with Crippen molar-refractivity contribution in [3.05, 3.63) is 58.8 Å². The van der Waals surface area contributed by atoms with Gasteiger partial charge in [0.15, 0.2) is 0 Å². The average molecular weight is 418 g/mol. The van der Waals surface area contributed by atoms with Crippen molar-refractivity contribution in [2.45, 2.75) is 51.2 Å². The van der Waals surface area contributed by atoms with Crippen LogP contribution in [0.25, 0.3) is 10.8 Å². The number of fused-ring (bicyclic) bond motifs is 2. The average Bonchev–Trinajstić information content (AvgIpc) is 3.26. The van der Waals surface area contributed by atoms with Gasteiger partial charge in [0.25, 0.3) is 0 Å². The molecule has 0 amide bonds. The lowest BCUT2D eigenvalue weighted by Gasteiger charge is -2.30. The number of cyclic esters (lactones) is 1. The number of hydrogen-bond acceptors (Lipinski definition) is 7. The Kier molecular flexibility index (Phi) is 4.85. The molecule has 7 heteroatoms. The third kappa shape index (κ3) is 3.74. The normalized spacial score (nSPS) is 19.8. The molecule has 31 heavy (non-hydrogen) atoms. The summed E-state index contributed by atoms with van der Waals surface area (Å²) in [4.78, 5) is 26.2. The quantitative estimate of drug-likeness (QED) is 0.649. The van der Waals surface area contributed by atoms with Gasteiger partial charge in [-0.3, -0.25) is 9.97 Å². The Labute approximate surface area is 181 Å². The fourth-order valence-electron chi connectivity index (χ4n) is 4.56. The van der Waals surface area contributed by atoms with E-state index in [-0.39, 0.29) is 5.97 Å². The van der Waals surface area contributed by atoms with Gasteiger partial charge in [0.05, 0.1) is 23.8 Å². The molecule has 1 unspecified atom stereocenters. The van der Waals surface area contributed by atoms with Crippen molar-refractivity contribution in [1.29, 1.82) is 0 Å². The van der Waals surface area contributed by atoms with Gasteiger partial charge >= 0.3 is 5.97 Å². The number of esters is 1. The Morgan fingerprint density at radius 1 is 1.19 bits per heavy atom. The summed E-state index contributed by atoms with van der Waals surface area (Å²) in [6, 6.07) is 6.12. The fourth-order valence-corrected chi connectivity index (χ4v) is 4.56. The van der Waals surface area contributed by atoms with Crippen LogP contribution in [0.15, 0.2) is 30.6 Å². The van der Waals surface area contributed by atoms with Gasteiger partial charge in [0.1, 0.15) is 5.60 Å². The number of rotatable bonds is 4. The molecule has 0 bridgehead atoms. The van der Waals surface area contributed by atoms with E-state index < -0.39 is 5.60 Å². The molecule has 2 aliphatic rings. The van der Waals surface area contributed by atoms with Crippen LogP contribution in [0, 0.1) is 0 Å². The minimum atomic E-state index is -0.538. The molecule has 1 fully saturated rings. The van der Waals surface area contributed by atoms with E-state index in [0.717, 1.165) is 47.2 Å². The van der Waals surface area contributed by atoms with Crippen LogP contribution < -0.4 is 10.1 Å². The SMILES string of the molecule is COc1ncc(C2CCCN2)c2cc(Cc3ccc4c(n3)CC(C)(C)OC4=O)ncc12. The van der Waals surface area contributed by atoms with Crippen LogP contribution in [0.2, 0.25) is 0 Å². The number of carbonyl (C=O) groups is 1. The molecular weight excluding hydrogens is 392 g/mol. The Hall–Kier alpha value is -3.06. The van der Waals surface area contributed by atoms with Gasteiger partial charge < -0.3 is 14.8 Å². The Balaban J connectivity index is 1.51. The zero-order chi connectivity index (χ0) is 21.6. The lowest BCUT2D eigenvalue weighted by molar-refractivity contribution is -0.00720. The second-order valence-electron chi connectivity index (χ2n) is 8.89. The maximum atomic E-state index is 12.2. The van der Waals surface area contributed by atoms with Gasteiger partial charge in [0.2, 0.25) is 5.88 Å². The molecule has 0 radical (unpaired) electrons. The summed E-state index contributed by atoms with van der Waals surface area (Å²) in [5, 5.41) is 5.59. The molecule has 3 aromatic heterocycles. The zero-order valence-corrected chi connectivity index (χ0v) is 18.1. The molecule has 1 atom stereocenters. The van der Waals surface area contributed by atoms with Crippen molar-refractivity contribution in [1.82, 2.24) is 20.3 Å². The fraction of sp³-hybridized carbons (Fsp3) is 0.417. The van der Waals surface area contributed by atoms with E-state index in [1.807, 2.05) is 38.4 Å². The second kappa shape index (κ2) is 7.57. The molecule has 1 saturated heterocycles. The highest BCUT2D eigenvalue weighted by Crippen LogP contribution is 2.33. The smallest absolute Gasteiger partial charge is 0.340 e. The van der Waals surface area contributed by atoms with Crippen molar-refractivity contribution >= 4 is 16.7 Å². The van der Waals surface area contributed by atoms with Crippen LogP contribution in [-0.2, 0) is 17.6 Å². The van der Waals surface area contributed by atoms with Crippen molar-refractivity contribution in [2.75, 3.05) is 13.7 Å². The van der Waals surface area contributed by atoms with Gasteiger partial charge in [0, 0.05) is 42.7 Å². The van der Waals surface area contributed by atoms with E-state index >= 15 is 0 Å². The van der Waals surface area contributed by atoms with E-state index in [9.17, 15) is 4.79 Å². The van der Waals surface area contributed by atoms with Gasteiger partial charge in [-0.25, -0.2) is 9.78 Å². The molecule has 0 aromatic carbocycles. The first kappa shape index (κ1) is 19.9. The summed E-state index contributed by atoms with van der Waals surface area (Å²) in [7, 11) is 1.63. The Morgan fingerprint density at radius 3 is 2.84 bits per heavy atom. The summed E-state index contributed by atoms with van der Waals surface area (Å²) in [6.07, 6.45) is 7.20. The maximum absolute atomic E-state index is 12.2. The molecule has 1 N–H and O–H groups in total. The monoisotopic (exact) mass is 418 g/mol. The van der Waals surface area contributed by atoms with E-state index in [1.54, 1.807) is 7.11 Å². The van der Waals surface area contributed by atoms with E-state index in [2.05, 4.69) is 21.4 Å². The van der Waals surface area contributed by atoms with E-state index in [4.69, 9.17) is 14.5 Å². The van der Waals surface area contributed by atoms with E-state index in [0.29, 0.717) is 30.3 Å². The highest BCUT2D eigenvalue weighted by atomic mass is 16.6. The van der Waals surface area contributed by atoms with Crippen molar-refractivity contribution in [2.24, 2.45) is 0 Å². The lowest BCUT2D eigenvalue weighted by atomic mass is 9.95. The first-order valence-electron chi connectivity index (χ1n) is 10.7. The van der Waals surface area contributed by atoms with Crippen LogP contribution in [0.1, 0.15) is 65.7 Å².